The van der Waals surface area contributed by atoms with Crippen LogP contribution in [-0.2, 0) is 13.1 Å². The van der Waals surface area contributed by atoms with Crippen molar-refractivity contribution < 1.29 is 17.9 Å². The first-order valence-corrected chi connectivity index (χ1v) is 9.67. The molecule has 3 rings (SSSR count). The summed E-state index contributed by atoms with van der Waals surface area (Å²) in [5, 5.41) is 10.5. The van der Waals surface area contributed by atoms with Gasteiger partial charge in [0.2, 0.25) is 0 Å². The van der Waals surface area contributed by atoms with Gasteiger partial charge in [-0.1, -0.05) is 24.3 Å². The summed E-state index contributed by atoms with van der Waals surface area (Å²) < 4.78 is 43.1. The number of rotatable bonds is 8. The average molecular weight is 432 g/mol. The number of halogens is 3. The van der Waals surface area contributed by atoms with Crippen molar-refractivity contribution in [3.8, 4) is 11.4 Å². The van der Waals surface area contributed by atoms with E-state index in [1.165, 1.54) is 18.5 Å². The number of hydrogen-bond acceptors (Lipinski definition) is 4. The van der Waals surface area contributed by atoms with E-state index in [1.807, 2.05) is 31.2 Å². The lowest BCUT2D eigenvalue weighted by Crippen LogP contribution is -2.36. The van der Waals surface area contributed by atoms with Crippen LogP contribution >= 0.6 is 0 Å². The Labute approximate surface area is 178 Å². The van der Waals surface area contributed by atoms with Crippen molar-refractivity contribution in [1.82, 2.24) is 25.4 Å². The molecular weight excluding hydrogens is 409 g/mol. The Bertz CT molecular complexity index is 954. The number of alkyl halides is 3. The van der Waals surface area contributed by atoms with Gasteiger partial charge in [-0.15, -0.1) is 0 Å². The summed E-state index contributed by atoms with van der Waals surface area (Å²) in [5.41, 5.74) is 2.85. The number of nitrogens with zero attached hydrogens (tertiary/aromatic N) is 4. The Balaban J connectivity index is 1.54. The third kappa shape index (κ3) is 7.32. The van der Waals surface area contributed by atoms with E-state index >= 15 is 0 Å². The van der Waals surface area contributed by atoms with Crippen LogP contribution in [0.3, 0.4) is 0 Å². The number of nitrogens with one attached hydrogen (secondary N) is 2. The second-order valence-corrected chi connectivity index (χ2v) is 6.60. The van der Waals surface area contributed by atoms with Crippen molar-refractivity contribution in [2.75, 3.05) is 13.2 Å². The van der Waals surface area contributed by atoms with Crippen LogP contribution in [0.25, 0.3) is 5.69 Å². The maximum Gasteiger partial charge on any atom is 0.422 e. The van der Waals surface area contributed by atoms with Gasteiger partial charge in [-0.2, -0.15) is 18.3 Å². The highest BCUT2D eigenvalue weighted by atomic mass is 19.4. The zero-order chi connectivity index (χ0) is 22.1. The predicted molar refractivity (Wildman–Crippen MR) is 111 cm³/mol. The predicted octanol–water partition coefficient (Wildman–Crippen LogP) is 3.46. The molecule has 164 valence electrons. The van der Waals surface area contributed by atoms with Crippen molar-refractivity contribution >= 4 is 5.96 Å². The minimum absolute atomic E-state index is 0.171. The Morgan fingerprint density at radius 2 is 1.74 bits per heavy atom. The molecule has 0 atom stereocenters. The van der Waals surface area contributed by atoms with Gasteiger partial charge in [-0.25, -0.2) is 14.7 Å². The number of hydrogen-bond donors (Lipinski definition) is 2. The standard InChI is InChI=1S/C21H23F3N6O/c1-2-26-20(27-11-16-3-7-18(8-4-16)30-15-25-14-29-30)28-12-17-5-9-19(10-6-17)31-13-21(22,23)24/h3-10,14-15H,2,11-13H2,1H3,(H2,26,27,28). The molecule has 7 nitrogen and oxygen atoms in total. The summed E-state index contributed by atoms with van der Waals surface area (Å²) in [7, 11) is 0. The monoisotopic (exact) mass is 432 g/mol. The first-order chi connectivity index (χ1) is 14.9. The van der Waals surface area contributed by atoms with Crippen LogP contribution < -0.4 is 15.4 Å². The SMILES string of the molecule is CCNC(=NCc1ccc(OCC(F)(F)F)cc1)NCc1ccc(-n2cncn2)cc1. The molecule has 1 heterocycles. The van der Waals surface area contributed by atoms with E-state index < -0.39 is 12.8 Å². The Kier molecular flexibility index (Phi) is 7.47. The third-order valence-corrected chi connectivity index (χ3v) is 4.17. The fourth-order valence-corrected chi connectivity index (χ4v) is 2.66. The van der Waals surface area contributed by atoms with Crippen LogP contribution in [0, 0.1) is 0 Å². The van der Waals surface area contributed by atoms with Gasteiger partial charge < -0.3 is 15.4 Å². The number of aliphatic imine (C=N–C) groups is 1. The molecule has 10 heteroatoms. The van der Waals surface area contributed by atoms with Crippen LogP contribution in [0.4, 0.5) is 13.2 Å². The smallest absolute Gasteiger partial charge is 0.422 e. The fraction of sp³-hybridized carbons (Fsp3) is 0.286. The van der Waals surface area contributed by atoms with Crippen LogP contribution in [0.2, 0.25) is 0 Å². The van der Waals surface area contributed by atoms with Crippen molar-refractivity contribution in [1.29, 1.82) is 0 Å². The Morgan fingerprint density at radius 1 is 1.03 bits per heavy atom. The largest absolute Gasteiger partial charge is 0.484 e. The lowest BCUT2D eigenvalue weighted by molar-refractivity contribution is -0.153. The first kappa shape index (κ1) is 22.1. The average Bonchev–Trinajstić information content (AvgIpc) is 3.30. The van der Waals surface area contributed by atoms with Gasteiger partial charge in [0.05, 0.1) is 12.2 Å². The summed E-state index contributed by atoms with van der Waals surface area (Å²) in [6.07, 6.45) is -1.23. The highest BCUT2D eigenvalue weighted by Gasteiger charge is 2.28. The number of guanidine groups is 1. The van der Waals surface area contributed by atoms with Crippen molar-refractivity contribution in [3.05, 3.63) is 72.3 Å². The van der Waals surface area contributed by atoms with Gasteiger partial charge in [-0.05, 0) is 42.3 Å². The van der Waals surface area contributed by atoms with Gasteiger partial charge in [0, 0.05) is 13.1 Å². The molecule has 0 fully saturated rings. The second-order valence-electron chi connectivity index (χ2n) is 6.60. The molecule has 0 aliphatic rings. The maximum atomic E-state index is 12.2. The van der Waals surface area contributed by atoms with E-state index in [9.17, 15) is 13.2 Å². The topological polar surface area (TPSA) is 76.4 Å². The second kappa shape index (κ2) is 10.5. The minimum atomic E-state index is -4.36. The lowest BCUT2D eigenvalue weighted by Gasteiger charge is -2.12. The summed E-state index contributed by atoms with van der Waals surface area (Å²) in [4.78, 5) is 8.46. The quantitative estimate of drug-likeness (QED) is 0.421. The number of ether oxygens (including phenoxy) is 1. The first-order valence-electron chi connectivity index (χ1n) is 9.67. The summed E-state index contributed by atoms with van der Waals surface area (Å²) in [6.45, 7) is 2.31. The molecule has 2 N–H and O–H groups in total. The highest BCUT2D eigenvalue weighted by Crippen LogP contribution is 2.19. The normalized spacial score (nSPS) is 11.9. The molecule has 0 unspecified atom stereocenters. The van der Waals surface area contributed by atoms with E-state index in [0.29, 0.717) is 25.6 Å². The third-order valence-electron chi connectivity index (χ3n) is 4.17. The molecule has 0 aliphatic carbocycles. The molecule has 31 heavy (non-hydrogen) atoms. The highest BCUT2D eigenvalue weighted by molar-refractivity contribution is 5.79. The fourth-order valence-electron chi connectivity index (χ4n) is 2.66. The molecular formula is C21H23F3N6O. The van der Waals surface area contributed by atoms with Crippen molar-refractivity contribution in [2.45, 2.75) is 26.2 Å². The maximum absolute atomic E-state index is 12.2. The van der Waals surface area contributed by atoms with E-state index in [0.717, 1.165) is 16.8 Å². The summed E-state index contributed by atoms with van der Waals surface area (Å²) >= 11 is 0. The number of benzene rings is 2. The van der Waals surface area contributed by atoms with Gasteiger partial charge in [0.25, 0.3) is 0 Å². The van der Waals surface area contributed by atoms with E-state index in [1.54, 1.807) is 23.1 Å². The molecule has 1 aromatic heterocycles. The molecule has 0 amide bonds. The van der Waals surface area contributed by atoms with Crippen LogP contribution in [0.5, 0.6) is 5.75 Å². The van der Waals surface area contributed by atoms with Crippen LogP contribution in [-0.4, -0.2) is 40.1 Å². The van der Waals surface area contributed by atoms with E-state index in [4.69, 9.17) is 4.74 Å². The molecule has 0 radical (unpaired) electrons. The molecule has 0 saturated heterocycles. The molecule has 3 aromatic rings. The summed E-state index contributed by atoms with van der Waals surface area (Å²) in [6, 6.07) is 14.3. The van der Waals surface area contributed by atoms with Gasteiger partial charge >= 0.3 is 6.18 Å². The van der Waals surface area contributed by atoms with Crippen LogP contribution in [0.15, 0.2) is 66.2 Å². The zero-order valence-electron chi connectivity index (χ0n) is 16.9. The van der Waals surface area contributed by atoms with Crippen molar-refractivity contribution in [3.63, 3.8) is 0 Å². The van der Waals surface area contributed by atoms with Gasteiger partial charge in [-0.3, -0.25) is 0 Å². The van der Waals surface area contributed by atoms with Gasteiger partial charge in [0.15, 0.2) is 12.6 Å². The zero-order valence-corrected chi connectivity index (χ0v) is 16.9. The Morgan fingerprint density at radius 3 is 2.35 bits per heavy atom. The van der Waals surface area contributed by atoms with Gasteiger partial charge in [0.1, 0.15) is 18.4 Å². The molecule has 0 bridgehead atoms. The number of aromatic nitrogens is 3. The minimum Gasteiger partial charge on any atom is -0.484 e. The Hall–Kier alpha value is -3.56. The molecule has 2 aromatic carbocycles. The summed E-state index contributed by atoms with van der Waals surface area (Å²) in [5.74, 6) is 0.810. The van der Waals surface area contributed by atoms with Crippen molar-refractivity contribution in [2.24, 2.45) is 4.99 Å². The van der Waals surface area contributed by atoms with E-state index in [2.05, 4.69) is 25.7 Å². The van der Waals surface area contributed by atoms with E-state index in [-0.39, 0.29) is 5.75 Å². The molecule has 0 saturated carbocycles. The lowest BCUT2D eigenvalue weighted by atomic mass is 10.2. The van der Waals surface area contributed by atoms with Crippen LogP contribution in [0.1, 0.15) is 18.1 Å². The molecule has 0 aliphatic heterocycles. The molecule has 0 spiro atoms.